The highest BCUT2D eigenvalue weighted by atomic mass is 19.4. The lowest BCUT2D eigenvalue weighted by atomic mass is 9.98. The van der Waals surface area contributed by atoms with E-state index in [9.17, 15) is 22.8 Å². The van der Waals surface area contributed by atoms with Crippen molar-refractivity contribution < 1.29 is 27.9 Å². The van der Waals surface area contributed by atoms with Crippen LogP contribution in [0.5, 0.6) is 0 Å². The van der Waals surface area contributed by atoms with Gasteiger partial charge in [0.15, 0.2) is 5.69 Å². The maximum absolute atomic E-state index is 12.5. The van der Waals surface area contributed by atoms with Gasteiger partial charge in [0.25, 0.3) is 5.91 Å². The molecule has 1 aliphatic rings. The smallest absolute Gasteiger partial charge is 0.401 e. The number of aromatic amines is 1. The Labute approximate surface area is 130 Å². The molecule has 2 rings (SSSR count). The molecule has 1 aliphatic heterocycles. The number of piperazine rings is 1. The van der Waals surface area contributed by atoms with Crippen LogP contribution in [0.4, 0.5) is 13.2 Å². The molecule has 0 saturated carbocycles. The van der Waals surface area contributed by atoms with Gasteiger partial charge in [-0.2, -0.15) is 18.3 Å². The molecule has 0 radical (unpaired) electrons. The summed E-state index contributed by atoms with van der Waals surface area (Å²) in [5, 5.41) is 14.7. The van der Waals surface area contributed by atoms with E-state index in [1.807, 2.05) is 0 Å². The van der Waals surface area contributed by atoms with E-state index >= 15 is 0 Å². The third-order valence-corrected chi connectivity index (χ3v) is 3.66. The summed E-state index contributed by atoms with van der Waals surface area (Å²) in [7, 11) is 0. The molecule has 0 aromatic carbocycles. The molecule has 0 atom stereocenters. The van der Waals surface area contributed by atoms with Crippen molar-refractivity contribution in [1.29, 1.82) is 0 Å². The summed E-state index contributed by atoms with van der Waals surface area (Å²) in [5.41, 5.74) is -1.12. The van der Waals surface area contributed by atoms with E-state index in [-0.39, 0.29) is 31.0 Å². The van der Waals surface area contributed by atoms with Crippen LogP contribution >= 0.6 is 0 Å². The highest BCUT2D eigenvalue weighted by Crippen LogP contribution is 2.26. The third kappa shape index (κ3) is 4.01. The van der Waals surface area contributed by atoms with Crippen molar-refractivity contribution >= 4 is 11.9 Å². The fourth-order valence-corrected chi connectivity index (χ4v) is 2.70. The highest BCUT2D eigenvalue weighted by molar-refractivity contribution is 5.95. The van der Waals surface area contributed by atoms with Gasteiger partial charge in [-0.1, -0.05) is 0 Å². The zero-order valence-corrected chi connectivity index (χ0v) is 12.6. The third-order valence-electron chi connectivity index (χ3n) is 3.66. The van der Waals surface area contributed by atoms with E-state index in [4.69, 9.17) is 5.11 Å². The number of amides is 1. The van der Waals surface area contributed by atoms with Crippen LogP contribution in [0.25, 0.3) is 0 Å². The number of aromatic carboxylic acids is 1. The number of hydrogen-bond acceptors (Lipinski definition) is 4. The van der Waals surface area contributed by atoms with Gasteiger partial charge >= 0.3 is 12.1 Å². The molecule has 128 valence electrons. The average molecular weight is 334 g/mol. The van der Waals surface area contributed by atoms with Crippen molar-refractivity contribution in [2.24, 2.45) is 0 Å². The molecular weight excluding hydrogens is 317 g/mol. The van der Waals surface area contributed by atoms with Crippen LogP contribution in [0, 0.1) is 0 Å². The van der Waals surface area contributed by atoms with E-state index in [0.29, 0.717) is 0 Å². The van der Waals surface area contributed by atoms with Crippen molar-refractivity contribution in [1.82, 2.24) is 20.0 Å². The van der Waals surface area contributed by atoms with E-state index in [1.54, 1.807) is 13.8 Å². The van der Waals surface area contributed by atoms with Gasteiger partial charge in [0, 0.05) is 25.7 Å². The first-order chi connectivity index (χ1) is 10.5. The number of carbonyl (C=O) groups is 2. The Balaban J connectivity index is 2.11. The number of nitrogens with one attached hydrogen (secondary N) is 1. The van der Waals surface area contributed by atoms with Gasteiger partial charge in [-0.25, -0.2) is 4.79 Å². The van der Waals surface area contributed by atoms with Crippen molar-refractivity contribution in [2.45, 2.75) is 25.6 Å². The monoisotopic (exact) mass is 334 g/mol. The second kappa shape index (κ2) is 5.84. The summed E-state index contributed by atoms with van der Waals surface area (Å²) >= 11 is 0. The Morgan fingerprint density at radius 2 is 2.04 bits per heavy atom. The van der Waals surface area contributed by atoms with Crippen LogP contribution < -0.4 is 0 Å². The van der Waals surface area contributed by atoms with Crippen molar-refractivity contribution in [3.05, 3.63) is 17.5 Å². The number of carbonyl (C=O) groups excluding carboxylic acids is 1. The predicted molar refractivity (Wildman–Crippen MR) is 73.2 cm³/mol. The number of carboxylic acid groups (broad SMARTS) is 1. The number of halogens is 3. The van der Waals surface area contributed by atoms with Gasteiger partial charge in [0.2, 0.25) is 0 Å². The number of hydrogen-bond donors (Lipinski definition) is 2. The zero-order chi connectivity index (χ0) is 17.4. The minimum absolute atomic E-state index is 0.0639. The summed E-state index contributed by atoms with van der Waals surface area (Å²) in [6.45, 7) is 2.57. The van der Waals surface area contributed by atoms with Crippen molar-refractivity contribution in [2.75, 3.05) is 26.2 Å². The summed E-state index contributed by atoms with van der Waals surface area (Å²) in [6.07, 6.45) is -4.29. The Hall–Kier alpha value is -2.10. The second-order valence-corrected chi connectivity index (χ2v) is 6.07. The van der Waals surface area contributed by atoms with Gasteiger partial charge in [-0.15, -0.1) is 0 Å². The fourth-order valence-electron chi connectivity index (χ4n) is 2.70. The van der Waals surface area contributed by atoms with Crippen LogP contribution in [0.2, 0.25) is 0 Å². The number of carboxylic acids is 1. The Morgan fingerprint density at radius 3 is 2.52 bits per heavy atom. The second-order valence-electron chi connectivity index (χ2n) is 6.07. The molecule has 1 aromatic rings. The highest BCUT2D eigenvalue weighted by Gasteiger charge is 2.41. The van der Waals surface area contributed by atoms with Crippen LogP contribution in [0.1, 0.15) is 34.8 Å². The standard InChI is InChI=1S/C13H17F3N4O3/c1-12(2)6-19(7-13(14,15)16)3-4-20(12)10(21)8-5-9(11(22)23)18-17-8/h5H,3-4,6-7H2,1-2H3,(H,17,18)(H,22,23). The maximum atomic E-state index is 12.5. The van der Waals surface area contributed by atoms with Crippen LogP contribution in [-0.2, 0) is 0 Å². The van der Waals surface area contributed by atoms with Gasteiger partial charge in [0.1, 0.15) is 5.69 Å². The molecule has 10 heteroatoms. The minimum atomic E-state index is -4.29. The first-order valence-corrected chi connectivity index (χ1v) is 6.89. The number of nitrogens with zero attached hydrogens (tertiary/aromatic N) is 3. The molecule has 0 unspecified atom stereocenters. The Bertz CT molecular complexity index is 612. The van der Waals surface area contributed by atoms with E-state index in [1.165, 1.54) is 9.80 Å². The Kier molecular flexibility index (Phi) is 4.38. The molecule has 1 amide bonds. The summed E-state index contributed by atoms with van der Waals surface area (Å²) in [4.78, 5) is 25.9. The Morgan fingerprint density at radius 1 is 1.39 bits per heavy atom. The maximum Gasteiger partial charge on any atom is 0.401 e. The van der Waals surface area contributed by atoms with Crippen molar-refractivity contribution in [3.63, 3.8) is 0 Å². The fraction of sp³-hybridized carbons (Fsp3) is 0.615. The van der Waals surface area contributed by atoms with Gasteiger partial charge < -0.3 is 10.0 Å². The van der Waals surface area contributed by atoms with E-state index < -0.39 is 30.1 Å². The molecule has 0 bridgehead atoms. The molecule has 0 spiro atoms. The minimum Gasteiger partial charge on any atom is -0.477 e. The molecule has 0 aliphatic carbocycles. The normalized spacial score (nSPS) is 18.9. The number of rotatable bonds is 3. The largest absolute Gasteiger partial charge is 0.477 e. The van der Waals surface area contributed by atoms with Gasteiger partial charge in [-0.3, -0.25) is 14.8 Å². The predicted octanol–water partition coefficient (Wildman–Crippen LogP) is 1.21. The van der Waals surface area contributed by atoms with E-state index in [2.05, 4.69) is 10.2 Å². The first-order valence-electron chi connectivity index (χ1n) is 6.89. The molecule has 23 heavy (non-hydrogen) atoms. The lowest BCUT2D eigenvalue weighted by Gasteiger charge is -2.47. The van der Waals surface area contributed by atoms with E-state index in [0.717, 1.165) is 6.07 Å². The van der Waals surface area contributed by atoms with Crippen LogP contribution in [0.3, 0.4) is 0 Å². The summed E-state index contributed by atoms with van der Waals surface area (Å²) < 4.78 is 37.5. The van der Waals surface area contributed by atoms with Gasteiger partial charge in [-0.05, 0) is 13.8 Å². The SMILES string of the molecule is CC1(C)CN(CC(F)(F)F)CCN1C(=O)c1cc(C(=O)O)[nH]n1. The van der Waals surface area contributed by atoms with Gasteiger partial charge in [0.05, 0.1) is 12.1 Å². The van der Waals surface area contributed by atoms with Crippen molar-refractivity contribution in [3.8, 4) is 0 Å². The topological polar surface area (TPSA) is 89.5 Å². The number of aromatic nitrogens is 2. The summed E-state index contributed by atoms with van der Waals surface area (Å²) in [5.74, 6) is -1.75. The first kappa shape index (κ1) is 17.3. The average Bonchev–Trinajstić information content (AvgIpc) is 2.84. The lowest BCUT2D eigenvalue weighted by molar-refractivity contribution is -0.153. The number of H-pyrrole nitrogens is 1. The molecule has 1 aromatic heterocycles. The summed E-state index contributed by atoms with van der Waals surface area (Å²) in [6, 6.07) is 1.11. The van der Waals surface area contributed by atoms with Crippen LogP contribution in [-0.4, -0.2) is 74.9 Å². The van der Waals surface area contributed by atoms with Crippen LogP contribution in [0.15, 0.2) is 6.07 Å². The molecule has 1 fully saturated rings. The lowest BCUT2D eigenvalue weighted by Crippen LogP contribution is -2.62. The zero-order valence-electron chi connectivity index (χ0n) is 12.6. The molecule has 1 saturated heterocycles. The molecule has 7 nitrogen and oxygen atoms in total. The quantitative estimate of drug-likeness (QED) is 0.867. The number of alkyl halides is 3. The molecular formula is C13H17F3N4O3. The molecule has 2 heterocycles. The molecule has 2 N–H and O–H groups in total.